The number of hydrogen-bond donors (Lipinski definition) is 1. The van der Waals surface area contributed by atoms with E-state index in [0.29, 0.717) is 0 Å². The molecule has 0 fully saturated rings. The van der Waals surface area contributed by atoms with E-state index >= 15 is 0 Å². The van der Waals surface area contributed by atoms with E-state index < -0.39 is 0 Å². The highest BCUT2D eigenvalue weighted by molar-refractivity contribution is 7.09. The maximum absolute atomic E-state index is 9.40. The number of hydrogen-bond acceptors (Lipinski definition) is 3. The van der Waals surface area contributed by atoms with Gasteiger partial charge in [-0.05, 0) is 36.5 Å². The molecule has 0 aliphatic rings. The van der Waals surface area contributed by atoms with Gasteiger partial charge in [-0.25, -0.2) is 0 Å². The zero-order chi connectivity index (χ0) is 12.1. The van der Waals surface area contributed by atoms with Crippen LogP contribution in [0.2, 0.25) is 5.02 Å². The molecule has 1 heterocycles. The summed E-state index contributed by atoms with van der Waals surface area (Å²) in [5, 5.41) is 10.1. The second-order valence-electron chi connectivity index (χ2n) is 4.05. The molecule has 0 aliphatic heterocycles. The molecular weight excluding hydrogens is 254 g/mol. The van der Waals surface area contributed by atoms with E-state index in [0.717, 1.165) is 17.9 Å². The summed E-state index contributed by atoms with van der Waals surface area (Å²) in [5.74, 6) is 0.247. The Morgan fingerprint density at radius 1 is 1.24 bits per heavy atom. The lowest BCUT2D eigenvalue weighted by Crippen LogP contribution is -2.12. The normalized spacial score (nSPS) is 12.6. The standard InChI is InChI=1S/C13H14ClNOS/c14-12-3-1-10(2-4-12)5-11(8-16)6-13-7-15-9-17-13/h1-4,7,9,11,16H,5-6,8H2. The van der Waals surface area contributed by atoms with Crippen LogP contribution in [0.1, 0.15) is 10.4 Å². The number of thiazole rings is 1. The van der Waals surface area contributed by atoms with Gasteiger partial charge in [-0.1, -0.05) is 23.7 Å². The summed E-state index contributed by atoms with van der Waals surface area (Å²) in [6.07, 6.45) is 3.62. The summed E-state index contributed by atoms with van der Waals surface area (Å²) in [6.45, 7) is 0.195. The first kappa shape index (κ1) is 12.6. The van der Waals surface area contributed by atoms with E-state index in [1.807, 2.05) is 36.0 Å². The number of nitrogens with zero attached hydrogens (tertiary/aromatic N) is 1. The molecule has 0 amide bonds. The number of halogens is 1. The third-order valence-electron chi connectivity index (χ3n) is 2.67. The molecule has 17 heavy (non-hydrogen) atoms. The van der Waals surface area contributed by atoms with E-state index in [-0.39, 0.29) is 12.5 Å². The fourth-order valence-electron chi connectivity index (χ4n) is 1.78. The van der Waals surface area contributed by atoms with Crippen molar-refractivity contribution in [2.75, 3.05) is 6.61 Å². The highest BCUT2D eigenvalue weighted by Crippen LogP contribution is 2.18. The third-order valence-corrected chi connectivity index (χ3v) is 3.72. The smallest absolute Gasteiger partial charge is 0.0794 e. The maximum Gasteiger partial charge on any atom is 0.0794 e. The molecule has 0 saturated heterocycles. The van der Waals surface area contributed by atoms with Crippen molar-refractivity contribution in [3.05, 3.63) is 51.4 Å². The van der Waals surface area contributed by atoms with E-state index in [2.05, 4.69) is 4.98 Å². The van der Waals surface area contributed by atoms with Crippen LogP contribution >= 0.6 is 22.9 Å². The van der Waals surface area contributed by atoms with Gasteiger partial charge in [0.25, 0.3) is 0 Å². The van der Waals surface area contributed by atoms with Gasteiger partial charge in [0.2, 0.25) is 0 Å². The van der Waals surface area contributed by atoms with Crippen molar-refractivity contribution in [3.8, 4) is 0 Å². The fraction of sp³-hybridized carbons (Fsp3) is 0.308. The van der Waals surface area contributed by atoms with Crippen LogP contribution < -0.4 is 0 Å². The summed E-state index contributed by atoms with van der Waals surface area (Å²) in [7, 11) is 0. The molecule has 1 aromatic heterocycles. The molecule has 0 spiro atoms. The molecule has 2 aromatic rings. The lowest BCUT2D eigenvalue weighted by atomic mass is 9.96. The minimum Gasteiger partial charge on any atom is -0.396 e. The van der Waals surface area contributed by atoms with Crippen molar-refractivity contribution in [2.45, 2.75) is 12.8 Å². The Hall–Kier alpha value is -0.900. The van der Waals surface area contributed by atoms with E-state index in [1.54, 1.807) is 11.3 Å². The molecule has 2 nitrogen and oxygen atoms in total. The summed E-state index contributed by atoms with van der Waals surface area (Å²) in [5.41, 5.74) is 3.03. The molecule has 1 aromatic carbocycles. The second-order valence-corrected chi connectivity index (χ2v) is 5.46. The van der Waals surface area contributed by atoms with Crippen molar-refractivity contribution in [1.29, 1.82) is 0 Å². The first-order valence-corrected chi connectivity index (χ1v) is 6.76. The Morgan fingerprint density at radius 2 is 2.00 bits per heavy atom. The molecule has 2 rings (SSSR count). The monoisotopic (exact) mass is 267 g/mol. The van der Waals surface area contributed by atoms with Crippen LogP contribution in [-0.4, -0.2) is 16.7 Å². The predicted molar refractivity (Wildman–Crippen MR) is 71.5 cm³/mol. The van der Waals surface area contributed by atoms with Gasteiger partial charge >= 0.3 is 0 Å². The lowest BCUT2D eigenvalue weighted by Gasteiger charge is -2.12. The van der Waals surface area contributed by atoms with Crippen molar-refractivity contribution >= 4 is 22.9 Å². The summed E-state index contributed by atoms with van der Waals surface area (Å²) in [6, 6.07) is 7.80. The molecule has 4 heteroatoms. The molecule has 1 unspecified atom stereocenters. The van der Waals surface area contributed by atoms with Gasteiger partial charge in [0.1, 0.15) is 0 Å². The summed E-state index contributed by atoms with van der Waals surface area (Å²) >= 11 is 7.48. The maximum atomic E-state index is 9.40. The third kappa shape index (κ3) is 3.80. The zero-order valence-corrected chi connectivity index (χ0v) is 10.9. The topological polar surface area (TPSA) is 33.1 Å². The van der Waals surface area contributed by atoms with Crippen molar-refractivity contribution in [1.82, 2.24) is 4.98 Å². The molecule has 90 valence electrons. The number of aliphatic hydroxyl groups is 1. The number of benzene rings is 1. The SMILES string of the molecule is OCC(Cc1ccc(Cl)cc1)Cc1cncs1. The van der Waals surface area contributed by atoms with Gasteiger partial charge in [0.15, 0.2) is 0 Å². The average Bonchev–Trinajstić information content (AvgIpc) is 2.84. The molecule has 0 aliphatic carbocycles. The van der Waals surface area contributed by atoms with Gasteiger partial charge in [-0.3, -0.25) is 4.98 Å². The molecule has 0 bridgehead atoms. The Balaban J connectivity index is 1.97. The first-order valence-electron chi connectivity index (χ1n) is 5.50. The van der Waals surface area contributed by atoms with E-state index in [4.69, 9.17) is 11.6 Å². The minimum absolute atomic E-state index is 0.195. The Morgan fingerprint density at radius 3 is 2.59 bits per heavy atom. The van der Waals surface area contributed by atoms with Crippen LogP contribution in [0.3, 0.4) is 0 Å². The quantitative estimate of drug-likeness (QED) is 0.903. The van der Waals surface area contributed by atoms with Crippen LogP contribution in [0.25, 0.3) is 0 Å². The van der Waals surface area contributed by atoms with E-state index in [9.17, 15) is 5.11 Å². The van der Waals surface area contributed by atoms with Gasteiger partial charge in [0, 0.05) is 22.7 Å². The highest BCUT2D eigenvalue weighted by Gasteiger charge is 2.10. The van der Waals surface area contributed by atoms with Gasteiger partial charge < -0.3 is 5.11 Å². The van der Waals surface area contributed by atoms with Crippen LogP contribution in [-0.2, 0) is 12.8 Å². The fourth-order valence-corrected chi connectivity index (χ4v) is 2.62. The van der Waals surface area contributed by atoms with Crippen LogP contribution in [0.4, 0.5) is 0 Å². The molecule has 0 radical (unpaired) electrons. The number of aromatic nitrogens is 1. The van der Waals surface area contributed by atoms with Gasteiger partial charge in [-0.2, -0.15) is 0 Å². The van der Waals surface area contributed by atoms with Gasteiger partial charge in [0.05, 0.1) is 5.51 Å². The zero-order valence-electron chi connectivity index (χ0n) is 9.34. The Labute approximate surface area is 110 Å². The van der Waals surface area contributed by atoms with Crippen LogP contribution in [0.5, 0.6) is 0 Å². The molecule has 1 N–H and O–H groups in total. The highest BCUT2D eigenvalue weighted by atomic mass is 35.5. The van der Waals surface area contributed by atoms with E-state index in [1.165, 1.54) is 10.4 Å². The van der Waals surface area contributed by atoms with Crippen molar-refractivity contribution in [2.24, 2.45) is 5.92 Å². The predicted octanol–water partition coefficient (Wildman–Crippen LogP) is 3.19. The largest absolute Gasteiger partial charge is 0.396 e. The molecule has 0 saturated carbocycles. The van der Waals surface area contributed by atoms with Crippen LogP contribution in [0, 0.1) is 5.92 Å². The average molecular weight is 268 g/mol. The van der Waals surface area contributed by atoms with Gasteiger partial charge in [-0.15, -0.1) is 11.3 Å². The summed E-state index contributed by atoms with van der Waals surface area (Å²) < 4.78 is 0. The second kappa shape index (κ2) is 6.15. The van der Waals surface area contributed by atoms with Crippen LogP contribution in [0.15, 0.2) is 36.0 Å². The van der Waals surface area contributed by atoms with Crippen molar-refractivity contribution < 1.29 is 5.11 Å². The number of aliphatic hydroxyl groups excluding tert-OH is 1. The first-order chi connectivity index (χ1) is 8.28. The van der Waals surface area contributed by atoms with Crippen molar-refractivity contribution in [3.63, 3.8) is 0 Å². The Bertz CT molecular complexity index is 441. The summed E-state index contributed by atoms with van der Waals surface area (Å²) in [4.78, 5) is 5.27. The molecular formula is C13H14ClNOS. The number of rotatable bonds is 5. The molecule has 1 atom stereocenters. The Kier molecular flexibility index (Phi) is 4.54. The lowest BCUT2D eigenvalue weighted by molar-refractivity contribution is 0.225. The minimum atomic E-state index is 0.195.